The molecule has 5 aromatic rings. The standard InChI is InChI=1S/C26H21ClN2O/c1-18-8-2-3-10-20(18)16-29-23-13-7-6-12-22(23)28-25(29)17-30-24-15-14-19-9-4-5-11-21(19)26(24)27/h2-15H,16-17H2,1H3. The van der Waals surface area contributed by atoms with Crippen molar-refractivity contribution < 1.29 is 4.74 Å². The van der Waals surface area contributed by atoms with E-state index in [-0.39, 0.29) is 0 Å². The summed E-state index contributed by atoms with van der Waals surface area (Å²) in [5.41, 5.74) is 4.60. The largest absolute Gasteiger partial charge is 0.484 e. The number of fused-ring (bicyclic) bond motifs is 2. The summed E-state index contributed by atoms with van der Waals surface area (Å²) < 4.78 is 8.38. The Labute approximate surface area is 180 Å². The third kappa shape index (κ3) is 3.42. The van der Waals surface area contributed by atoms with Gasteiger partial charge in [0.1, 0.15) is 18.2 Å². The molecule has 0 amide bonds. The van der Waals surface area contributed by atoms with E-state index in [1.54, 1.807) is 0 Å². The first-order valence-corrected chi connectivity index (χ1v) is 10.4. The average Bonchev–Trinajstić information content (AvgIpc) is 3.12. The molecule has 0 N–H and O–H groups in total. The second kappa shape index (κ2) is 7.85. The molecule has 0 aliphatic rings. The Morgan fingerprint density at radius 3 is 2.53 bits per heavy atom. The maximum absolute atomic E-state index is 6.62. The van der Waals surface area contributed by atoms with Crippen LogP contribution in [0.2, 0.25) is 5.02 Å². The third-order valence-corrected chi connectivity index (χ3v) is 5.90. The highest BCUT2D eigenvalue weighted by Crippen LogP contribution is 2.33. The minimum Gasteiger partial charge on any atom is -0.484 e. The maximum Gasteiger partial charge on any atom is 0.148 e. The molecular formula is C26H21ClN2O. The quantitative estimate of drug-likeness (QED) is 0.318. The first-order valence-electron chi connectivity index (χ1n) is 9.99. The van der Waals surface area contributed by atoms with Crippen molar-refractivity contribution >= 4 is 33.4 Å². The minimum absolute atomic E-state index is 0.346. The van der Waals surface area contributed by atoms with Crippen LogP contribution in [0.25, 0.3) is 21.8 Å². The fourth-order valence-corrected chi connectivity index (χ4v) is 4.13. The molecule has 0 spiro atoms. The van der Waals surface area contributed by atoms with E-state index in [9.17, 15) is 0 Å². The smallest absolute Gasteiger partial charge is 0.148 e. The lowest BCUT2D eigenvalue weighted by Crippen LogP contribution is -2.09. The number of halogens is 1. The average molecular weight is 413 g/mol. The van der Waals surface area contributed by atoms with E-state index in [0.717, 1.165) is 34.2 Å². The van der Waals surface area contributed by atoms with Gasteiger partial charge in [-0.15, -0.1) is 0 Å². The van der Waals surface area contributed by atoms with Gasteiger partial charge in [-0.25, -0.2) is 4.98 Å². The highest BCUT2D eigenvalue weighted by atomic mass is 35.5. The van der Waals surface area contributed by atoms with E-state index < -0.39 is 0 Å². The predicted octanol–water partition coefficient (Wildman–Crippen LogP) is 6.78. The van der Waals surface area contributed by atoms with Gasteiger partial charge in [-0.3, -0.25) is 0 Å². The highest BCUT2D eigenvalue weighted by molar-refractivity contribution is 6.37. The Hall–Kier alpha value is -3.30. The Morgan fingerprint density at radius 2 is 1.63 bits per heavy atom. The second-order valence-corrected chi connectivity index (χ2v) is 7.79. The minimum atomic E-state index is 0.346. The van der Waals surface area contributed by atoms with Crippen LogP contribution in [0.15, 0.2) is 84.9 Å². The molecule has 4 heteroatoms. The number of aromatic nitrogens is 2. The molecule has 3 nitrogen and oxygen atoms in total. The molecule has 0 aliphatic carbocycles. The number of hydrogen-bond acceptors (Lipinski definition) is 2. The third-order valence-electron chi connectivity index (χ3n) is 5.51. The first kappa shape index (κ1) is 18.7. The Kier molecular flexibility index (Phi) is 4.89. The summed E-state index contributed by atoms with van der Waals surface area (Å²) in [6, 6.07) is 28.7. The molecule has 0 aliphatic heterocycles. The van der Waals surface area contributed by atoms with Gasteiger partial charge in [0.15, 0.2) is 0 Å². The molecule has 0 saturated carbocycles. The van der Waals surface area contributed by atoms with Crippen LogP contribution in [0.4, 0.5) is 0 Å². The Bertz CT molecular complexity index is 1360. The molecular weight excluding hydrogens is 392 g/mol. The number of nitrogens with zero attached hydrogens (tertiary/aromatic N) is 2. The van der Waals surface area contributed by atoms with Crippen molar-refractivity contribution in [3.05, 3.63) is 107 Å². The molecule has 1 aromatic heterocycles. The summed E-state index contributed by atoms with van der Waals surface area (Å²) in [6.07, 6.45) is 0. The lowest BCUT2D eigenvalue weighted by atomic mass is 10.1. The van der Waals surface area contributed by atoms with Gasteiger partial charge in [0.25, 0.3) is 0 Å². The molecule has 0 radical (unpaired) electrons. The van der Waals surface area contributed by atoms with Crippen molar-refractivity contribution in [1.29, 1.82) is 0 Å². The van der Waals surface area contributed by atoms with Crippen molar-refractivity contribution in [2.45, 2.75) is 20.1 Å². The van der Waals surface area contributed by atoms with Crippen molar-refractivity contribution in [2.75, 3.05) is 0 Å². The van der Waals surface area contributed by atoms with Crippen molar-refractivity contribution in [3.8, 4) is 5.75 Å². The van der Waals surface area contributed by atoms with Crippen LogP contribution in [-0.2, 0) is 13.2 Å². The van der Waals surface area contributed by atoms with Crippen LogP contribution in [0, 0.1) is 6.92 Å². The number of aryl methyl sites for hydroxylation is 1. The zero-order valence-corrected chi connectivity index (χ0v) is 17.4. The van der Waals surface area contributed by atoms with Gasteiger partial charge in [-0.2, -0.15) is 0 Å². The summed E-state index contributed by atoms with van der Waals surface area (Å²) in [7, 11) is 0. The van der Waals surface area contributed by atoms with E-state index >= 15 is 0 Å². The van der Waals surface area contributed by atoms with Gasteiger partial charge in [0, 0.05) is 11.9 Å². The van der Waals surface area contributed by atoms with Gasteiger partial charge < -0.3 is 9.30 Å². The lowest BCUT2D eigenvalue weighted by molar-refractivity contribution is 0.292. The summed E-state index contributed by atoms with van der Waals surface area (Å²) in [4.78, 5) is 4.84. The van der Waals surface area contributed by atoms with Crippen LogP contribution in [-0.4, -0.2) is 9.55 Å². The second-order valence-electron chi connectivity index (χ2n) is 7.42. The normalized spacial score (nSPS) is 11.3. The zero-order valence-electron chi connectivity index (χ0n) is 16.7. The van der Waals surface area contributed by atoms with Crippen LogP contribution < -0.4 is 4.74 Å². The van der Waals surface area contributed by atoms with Gasteiger partial charge in [-0.05, 0) is 41.6 Å². The SMILES string of the molecule is Cc1ccccc1Cn1c(COc2ccc3ccccc3c2Cl)nc2ccccc21. The molecule has 30 heavy (non-hydrogen) atoms. The van der Waals surface area contributed by atoms with Gasteiger partial charge in [0.2, 0.25) is 0 Å². The number of rotatable bonds is 5. The topological polar surface area (TPSA) is 27.1 Å². The van der Waals surface area contributed by atoms with Gasteiger partial charge in [0.05, 0.1) is 16.1 Å². The fourth-order valence-electron chi connectivity index (χ4n) is 3.84. The van der Waals surface area contributed by atoms with Gasteiger partial charge in [-0.1, -0.05) is 78.3 Å². The fraction of sp³-hybridized carbons (Fsp3) is 0.115. The number of para-hydroxylation sites is 2. The van der Waals surface area contributed by atoms with E-state index in [1.165, 1.54) is 11.1 Å². The summed E-state index contributed by atoms with van der Waals surface area (Å²) in [5.74, 6) is 1.55. The Morgan fingerprint density at radius 1 is 0.867 bits per heavy atom. The summed E-state index contributed by atoms with van der Waals surface area (Å²) in [6.45, 7) is 3.23. The lowest BCUT2D eigenvalue weighted by Gasteiger charge is -2.13. The van der Waals surface area contributed by atoms with E-state index in [2.05, 4.69) is 41.8 Å². The molecule has 0 saturated heterocycles. The molecule has 0 fully saturated rings. The Balaban J connectivity index is 1.50. The van der Waals surface area contributed by atoms with Gasteiger partial charge >= 0.3 is 0 Å². The van der Waals surface area contributed by atoms with E-state index in [4.69, 9.17) is 21.3 Å². The van der Waals surface area contributed by atoms with E-state index in [1.807, 2.05) is 54.6 Å². The monoisotopic (exact) mass is 412 g/mol. The molecule has 0 atom stereocenters. The number of imidazole rings is 1. The van der Waals surface area contributed by atoms with E-state index in [0.29, 0.717) is 17.4 Å². The molecule has 5 rings (SSSR count). The number of ether oxygens (including phenoxy) is 1. The van der Waals surface area contributed by atoms with Crippen LogP contribution >= 0.6 is 11.6 Å². The molecule has 0 unspecified atom stereocenters. The van der Waals surface area contributed by atoms with Crippen LogP contribution in [0.3, 0.4) is 0 Å². The highest BCUT2D eigenvalue weighted by Gasteiger charge is 2.14. The first-order chi connectivity index (χ1) is 14.7. The molecule has 4 aromatic carbocycles. The molecule has 0 bridgehead atoms. The van der Waals surface area contributed by atoms with Crippen molar-refractivity contribution in [3.63, 3.8) is 0 Å². The maximum atomic E-state index is 6.62. The van der Waals surface area contributed by atoms with Crippen LogP contribution in [0.1, 0.15) is 17.0 Å². The zero-order chi connectivity index (χ0) is 20.5. The predicted molar refractivity (Wildman–Crippen MR) is 123 cm³/mol. The summed E-state index contributed by atoms with van der Waals surface area (Å²) >= 11 is 6.62. The van der Waals surface area contributed by atoms with Crippen LogP contribution in [0.5, 0.6) is 5.75 Å². The number of hydrogen-bond donors (Lipinski definition) is 0. The van der Waals surface area contributed by atoms with Crippen molar-refractivity contribution in [2.24, 2.45) is 0 Å². The summed E-state index contributed by atoms with van der Waals surface area (Å²) in [5, 5.41) is 2.72. The number of benzene rings is 4. The van der Waals surface area contributed by atoms with Crippen molar-refractivity contribution in [1.82, 2.24) is 9.55 Å². The molecule has 1 heterocycles. The molecule has 148 valence electrons.